The lowest BCUT2D eigenvalue weighted by Crippen LogP contribution is -2.16. The molecule has 1 N–H and O–H groups in total. The van der Waals surface area contributed by atoms with Gasteiger partial charge in [-0.3, -0.25) is 15.1 Å². The third-order valence-corrected chi connectivity index (χ3v) is 4.22. The summed E-state index contributed by atoms with van der Waals surface area (Å²) in [5, 5.41) is 2.80. The van der Waals surface area contributed by atoms with Crippen LogP contribution < -0.4 is 5.32 Å². The summed E-state index contributed by atoms with van der Waals surface area (Å²) in [4.78, 5) is 19.8. The molecule has 2 aromatic heterocycles. The number of alkyl halides is 3. The minimum atomic E-state index is -4.49. The number of carbonyl (C=O) groups is 1. The van der Waals surface area contributed by atoms with Gasteiger partial charge in [0.25, 0.3) is 5.91 Å². The van der Waals surface area contributed by atoms with Gasteiger partial charge in [0.2, 0.25) is 5.13 Å². The van der Waals surface area contributed by atoms with Crippen LogP contribution in [0.1, 0.15) is 40.6 Å². The van der Waals surface area contributed by atoms with E-state index in [-0.39, 0.29) is 11.6 Å². The fourth-order valence-corrected chi connectivity index (χ4v) is 2.91. The quantitative estimate of drug-likeness (QED) is 0.912. The number of nitrogens with zero attached hydrogens (tertiary/aromatic N) is 3. The van der Waals surface area contributed by atoms with E-state index < -0.39 is 17.6 Å². The van der Waals surface area contributed by atoms with Gasteiger partial charge >= 0.3 is 6.18 Å². The predicted molar refractivity (Wildman–Crippen MR) is 79.9 cm³/mol. The standard InChI is InChI=1S/C14H13F3N4O2S/c15-14(16,17)9-1-2-10(18-7-9)12(22)20-13-19-11(21-24-13)8-3-5-23-6-4-8/h1-2,7-8H,3-6H2,(H,19,20,21,22). The normalized spacial score (nSPS) is 16.1. The van der Waals surface area contributed by atoms with E-state index >= 15 is 0 Å². The SMILES string of the molecule is O=C(Nc1nc(C2CCOCC2)ns1)c1ccc(C(F)(F)F)cn1. The van der Waals surface area contributed by atoms with Crippen molar-refractivity contribution in [3.63, 3.8) is 0 Å². The zero-order valence-corrected chi connectivity index (χ0v) is 13.2. The van der Waals surface area contributed by atoms with Gasteiger partial charge in [-0.1, -0.05) is 0 Å². The molecular formula is C14H13F3N4O2S. The number of anilines is 1. The van der Waals surface area contributed by atoms with Gasteiger partial charge in [-0.25, -0.2) is 4.98 Å². The molecule has 0 bridgehead atoms. The Morgan fingerprint density at radius 2 is 2.04 bits per heavy atom. The molecule has 0 spiro atoms. The van der Waals surface area contributed by atoms with Crippen LogP contribution in [0.2, 0.25) is 0 Å². The summed E-state index contributed by atoms with van der Waals surface area (Å²) in [5.74, 6) is 0.224. The topological polar surface area (TPSA) is 77.0 Å². The molecule has 0 saturated carbocycles. The molecule has 24 heavy (non-hydrogen) atoms. The number of halogens is 3. The largest absolute Gasteiger partial charge is 0.417 e. The van der Waals surface area contributed by atoms with E-state index in [4.69, 9.17) is 4.74 Å². The van der Waals surface area contributed by atoms with Crippen LogP contribution in [0.15, 0.2) is 18.3 Å². The number of pyridine rings is 1. The molecule has 3 rings (SSSR count). The van der Waals surface area contributed by atoms with Gasteiger partial charge in [0.05, 0.1) is 5.56 Å². The van der Waals surface area contributed by atoms with Crippen LogP contribution in [0.25, 0.3) is 0 Å². The Morgan fingerprint density at radius 3 is 2.67 bits per heavy atom. The number of nitrogens with one attached hydrogen (secondary N) is 1. The second kappa shape index (κ2) is 6.81. The van der Waals surface area contributed by atoms with E-state index in [1.165, 1.54) is 0 Å². The highest BCUT2D eigenvalue weighted by atomic mass is 32.1. The fraction of sp³-hybridized carbons (Fsp3) is 0.429. The van der Waals surface area contributed by atoms with Gasteiger partial charge in [0.15, 0.2) is 0 Å². The molecule has 3 heterocycles. The van der Waals surface area contributed by atoms with Crippen LogP contribution in [-0.2, 0) is 10.9 Å². The Kier molecular flexibility index (Phi) is 4.76. The van der Waals surface area contributed by atoms with E-state index in [1.54, 1.807) is 0 Å². The summed E-state index contributed by atoms with van der Waals surface area (Å²) in [5.41, 5.74) is -1.03. The van der Waals surface area contributed by atoms with E-state index in [9.17, 15) is 18.0 Å². The number of rotatable bonds is 3. The molecular weight excluding hydrogens is 345 g/mol. The molecule has 1 fully saturated rings. The van der Waals surface area contributed by atoms with Gasteiger partial charge in [-0.2, -0.15) is 17.5 Å². The van der Waals surface area contributed by atoms with Crippen LogP contribution in [-0.4, -0.2) is 33.5 Å². The Morgan fingerprint density at radius 1 is 1.29 bits per heavy atom. The van der Waals surface area contributed by atoms with Crippen molar-refractivity contribution in [2.24, 2.45) is 0 Å². The van der Waals surface area contributed by atoms with Crippen LogP contribution in [0.4, 0.5) is 18.3 Å². The highest BCUT2D eigenvalue weighted by Crippen LogP contribution is 2.29. The molecule has 0 unspecified atom stereocenters. The Balaban J connectivity index is 1.65. The van der Waals surface area contributed by atoms with Gasteiger partial charge in [0.1, 0.15) is 11.5 Å². The van der Waals surface area contributed by atoms with Gasteiger partial charge in [-0.05, 0) is 25.0 Å². The molecule has 1 amide bonds. The van der Waals surface area contributed by atoms with Crippen LogP contribution in [0, 0.1) is 0 Å². The van der Waals surface area contributed by atoms with Crippen molar-refractivity contribution >= 4 is 22.6 Å². The third-order valence-electron chi connectivity index (χ3n) is 3.57. The molecule has 2 aromatic rings. The van der Waals surface area contributed by atoms with Crippen molar-refractivity contribution in [3.05, 3.63) is 35.4 Å². The first-order valence-corrected chi connectivity index (χ1v) is 7.97. The molecule has 0 aliphatic carbocycles. The molecule has 0 aromatic carbocycles. The number of amides is 1. The van der Waals surface area contributed by atoms with Gasteiger partial charge < -0.3 is 4.74 Å². The lowest BCUT2D eigenvalue weighted by Gasteiger charge is -2.18. The van der Waals surface area contributed by atoms with Crippen LogP contribution in [0.3, 0.4) is 0 Å². The van der Waals surface area contributed by atoms with Gasteiger partial charge in [-0.15, -0.1) is 0 Å². The Bertz CT molecular complexity index is 712. The first kappa shape index (κ1) is 16.8. The lowest BCUT2D eigenvalue weighted by molar-refractivity contribution is -0.137. The number of hydrogen-bond acceptors (Lipinski definition) is 6. The summed E-state index contributed by atoms with van der Waals surface area (Å²) >= 11 is 1.03. The minimum Gasteiger partial charge on any atom is -0.381 e. The minimum absolute atomic E-state index is 0.120. The van der Waals surface area contributed by atoms with Crippen LogP contribution in [0.5, 0.6) is 0 Å². The molecule has 1 aliphatic heterocycles. The maximum Gasteiger partial charge on any atom is 0.417 e. The van der Waals surface area contributed by atoms with Crippen molar-refractivity contribution in [1.29, 1.82) is 0 Å². The van der Waals surface area contributed by atoms with Crippen molar-refractivity contribution in [1.82, 2.24) is 14.3 Å². The number of carbonyl (C=O) groups excluding carboxylic acids is 1. The second-order valence-electron chi connectivity index (χ2n) is 5.23. The average Bonchev–Trinajstić information content (AvgIpc) is 3.03. The lowest BCUT2D eigenvalue weighted by atomic mass is 10.00. The summed E-state index contributed by atoms with van der Waals surface area (Å²) < 4.78 is 46.9. The summed E-state index contributed by atoms with van der Waals surface area (Å²) in [7, 11) is 0. The summed E-state index contributed by atoms with van der Waals surface area (Å²) in [6.45, 7) is 1.31. The molecule has 1 saturated heterocycles. The first-order chi connectivity index (χ1) is 11.4. The smallest absolute Gasteiger partial charge is 0.381 e. The van der Waals surface area contributed by atoms with Crippen LogP contribution >= 0.6 is 11.5 Å². The zero-order chi connectivity index (χ0) is 17.2. The van der Waals surface area contributed by atoms with E-state index in [1.807, 2.05) is 0 Å². The van der Waals surface area contributed by atoms with Crippen molar-refractivity contribution in [2.45, 2.75) is 24.9 Å². The fourth-order valence-electron chi connectivity index (χ4n) is 2.26. The monoisotopic (exact) mass is 358 g/mol. The van der Waals surface area contributed by atoms with Crippen molar-refractivity contribution < 1.29 is 22.7 Å². The molecule has 6 nitrogen and oxygen atoms in total. The van der Waals surface area contributed by atoms with E-state index in [0.717, 1.165) is 36.5 Å². The third kappa shape index (κ3) is 3.88. The first-order valence-electron chi connectivity index (χ1n) is 7.19. The molecule has 0 atom stereocenters. The highest BCUT2D eigenvalue weighted by molar-refractivity contribution is 7.09. The molecule has 128 valence electrons. The second-order valence-corrected chi connectivity index (χ2v) is 5.98. The summed E-state index contributed by atoms with van der Waals surface area (Å²) in [6.07, 6.45) is -2.21. The number of hydrogen-bond donors (Lipinski definition) is 1. The Labute approximate surface area is 139 Å². The van der Waals surface area contributed by atoms with Gasteiger partial charge in [0, 0.05) is 36.9 Å². The number of aromatic nitrogens is 3. The van der Waals surface area contributed by atoms with E-state index in [0.29, 0.717) is 30.4 Å². The molecule has 1 aliphatic rings. The maximum absolute atomic E-state index is 12.5. The molecule has 0 radical (unpaired) electrons. The highest BCUT2D eigenvalue weighted by Gasteiger charge is 2.31. The van der Waals surface area contributed by atoms with Crippen molar-refractivity contribution in [2.75, 3.05) is 18.5 Å². The predicted octanol–water partition coefficient (Wildman–Crippen LogP) is 3.10. The average molecular weight is 358 g/mol. The maximum atomic E-state index is 12.5. The van der Waals surface area contributed by atoms with Crippen molar-refractivity contribution in [3.8, 4) is 0 Å². The molecule has 10 heteroatoms. The Hall–Kier alpha value is -2.07. The summed E-state index contributed by atoms with van der Waals surface area (Å²) in [6, 6.07) is 1.84. The zero-order valence-electron chi connectivity index (χ0n) is 12.3. The number of ether oxygens (including phenoxy) is 1. The van der Waals surface area contributed by atoms with E-state index in [2.05, 4.69) is 19.7 Å².